The number of likely N-dealkylation sites (N-methyl/N-ethyl adjacent to an activating group) is 1. The van der Waals surface area contributed by atoms with Gasteiger partial charge in [0.1, 0.15) is 0 Å². The third-order valence-electron chi connectivity index (χ3n) is 1.97. The lowest BCUT2D eigenvalue weighted by molar-refractivity contribution is -0.126. The molecule has 0 aromatic carbocycles. The van der Waals surface area contributed by atoms with E-state index in [1.54, 1.807) is 14.1 Å². The van der Waals surface area contributed by atoms with Crippen molar-refractivity contribution in [2.45, 2.75) is 0 Å². The van der Waals surface area contributed by atoms with Gasteiger partial charge in [-0.3, -0.25) is 4.79 Å². The highest BCUT2D eigenvalue weighted by molar-refractivity contribution is 5.80. The van der Waals surface area contributed by atoms with Crippen molar-refractivity contribution in [3.8, 4) is 0 Å². The molecule has 94 valence electrons. The highest BCUT2D eigenvalue weighted by atomic mass is 19.1. The molecule has 1 aromatic heterocycles. The van der Waals surface area contributed by atoms with Crippen LogP contribution in [0.5, 0.6) is 0 Å². The van der Waals surface area contributed by atoms with Gasteiger partial charge in [-0.15, -0.1) is 0 Å². The first kappa shape index (κ1) is 13.1. The van der Waals surface area contributed by atoms with E-state index in [0.29, 0.717) is 6.07 Å². The molecule has 1 heterocycles. The van der Waals surface area contributed by atoms with Crippen molar-refractivity contribution in [1.29, 1.82) is 0 Å². The SMILES string of the molecule is CN(C)C(=O)CNc1nc(NN)c(F)cc1F. The standard InChI is InChI=1S/C9H13F2N5O/c1-16(2)7(17)4-13-8-5(10)3-6(11)9(14-8)15-12/h3H,4,12H2,1-2H3,(H2,13,14,15). The predicted octanol–water partition coefficient (Wildman–Crippen LogP) is 0.145. The number of anilines is 2. The molecule has 0 spiro atoms. The summed E-state index contributed by atoms with van der Waals surface area (Å²) < 4.78 is 26.3. The number of halogens is 2. The number of hydrazine groups is 1. The Hall–Kier alpha value is -1.96. The minimum Gasteiger partial charge on any atom is -0.358 e. The highest BCUT2D eigenvalue weighted by Crippen LogP contribution is 2.17. The molecule has 0 saturated heterocycles. The van der Waals surface area contributed by atoms with Crippen LogP contribution in [0.1, 0.15) is 0 Å². The molecule has 6 nitrogen and oxygen atoms in total. The lowest BCUT2D eigenvalue weighted by atomic mass is 10.4. The number of nitrogen functional groups attached to an aromatic ring is 1. The van der Waals surface area contributed by atoms with Crippen LogP contribution in [0.3, 0.4) is 0 Å². The number of carbonyl (C=O) groups is 1. The van der Waals surface area contributed by atoms with Crippen molar-refractivity contribution in [2.75, 3.05) is 31.4 Å². The predicted molar refractivity (Wildman–Crippen MR) is 59.1 cm³/mol. The van der Waals surface area contributed by atoms with Crippen LogP contribution in [0, 0.1) is 11.6 Å². The number of nitrogens with one attached hydrogen (secondary N) is 2. The first-order valence-electron chi connectivity index (χ1n) is 4.72. The summed E-state index contributed by atoms with van der Waals surface area (Å²) in [5, 5.41) is 2.46. The molecule has 0 aliphatic heterocycles. The second-order valence-electron chi connectivity index (χ2n) is 3.44. The van der Waals surface area contributed by atoms with E-state index in [9.17, 15) is 13.6 Å². The number of carbonyl (C=O) groups excluding carboxylic acids is 1. The number of nitrogens with zero attached hydrogens (tertiary/aromatic N) is 2. The number of aromatic nitrogens is 1. The Morgan fingerprint density at radius 1 is 1.41 bits per heavy atom. The number of amides is 1. The van der Waals surface area contributed by atoms with E-state index in [1.165, 1.54) is 4.90 Å². The molecule has 0 atom stereocenters. The van der Waals surface area contributed by atoms with E-state index in [-0.39, 0.29) is 24.1 Å². The van der Waals surface area contributed by atoms with Crippen molar-refractivity contribution in [2.24, 2.45) is 5.84 Å². The number of hydrogen-bond donors (Lipinski definition) is 3. The molecule has 1 rings (SSSR count). The quantitative estimate of drug-likeness (QED) is 0.519. The fourth-order valence-electron chi connectivity index (χ4n) is 1.01. The molecule has 1 aromatic rings. The molecule has 0 aliphatic rings. The molecule has 17 heavy (non-hydrogen) atoms. The van der Waals surface area contributed by atoms with Gasteiger partial charge in [0.25, 0.3) is 0 Å². The summed E-state index contributed by atoms with van der Waals surface area (Å²) in [6.07, 6.45) is 0. The molecule has 0 unspecified atom stereocenters. The molecule has 8 heteroatoms. The molecule has 4 N–H and O–H groups in total. The maximum atomic E-state index is 13.3. The summed E-state index contributed by atoms with van der Waals surface area (Å²) >= 11 is 0. The smallest absolute Gasteiger partial charge is 0.241 e. The van der Waals surface area contributed by atoms with Gasteiger partial charge >= 0.3 is 0 Å². The normalized spacial score (nSPS) is 9.94. The zero-order valence-electron chi connectivity index (χ0n) is 9.42. The summed E-state index contributed by atoms with van der Waals surface area (Å²) in [7, 11) is 3.12. The Balaban J connectivity index is 2.81. The maximum Gasteiger partial charge on any atom is 0.241 e. The molecular weight excluding hydrogens is 232 g/mol. The van der Waals surface area contributed by atoms with Gasteiger partial charge in [0.05, 0.1) is 6.54 Å². The van der Waals surface area contributed by atoms with Crippen LogP contribution in [0.4, 0.5) is 20.4 Å². The molecular formula is C9H13F2N5O. The molecule has 0 bridgehead atoms. The summed E-state index contributed by atoms with van der Waals surface area (Å²) in [5.74, 6) is 2.39. The molecule has 0 saturated carbocycles. The fourth-order valence-corrected chi connectivity index (χ4v) is 1.01. The third kappa shape index (κ3) is 3.25. The molecule has 1 amide bonds. The van der Waals surface area contributed by atoms with E-state index < -0.39 is 11.6 Å². The molecule has 0 aliphatic carbocycles. The van der Waals surface area contributed by atoms with Crippen LogP contribution in [0.15, 0.2) is 6.07 Å². The third-order valence-corrected chi connectivity index (χ3v) is 1.97. The van der Waals surface area contributed by atoms with Gasteiger partial charge in [0.2, 0.25) is 5.91 Å². The summed E-state index contributed by atoms with van der Waals surface area (Å²) in [6.45, 7) is -0.146. The van der Waals surface area contributed by atoms with E-state index in [0.717, 1.165) is 0 Å². The first-order chi connectivity index (χ1) is 7.95. The monoisotopic (exact) mass is 245 g/mol. The number of nitrogens with two attached hydrogens (primary N) is 1. The summed E-state index contributed by atoms with van der Waals surface area (Å²) in [5.41, 5.74) is 1.99. The van der Waals surface area contributed by atoms with Gasteiger partial charge in [-0.1, -0.05) is 0 Å². The Morgan fingerprint density at radius 3 is 2.53 bits per heavy atom. The van der Waals surface area contributed by atoms with Crippen LogP contribution < -0.4 is 16.6 Å². The van der Waals surface area contributed by atoms with Crippen molar-refractivity contribution in [1.82, 2.24) is 9.88 Å². The zero-order chi connectivity index (χ0) is 13.0. The average molecular weight is 245 g/mol. The Morgan fingerprint density at radius 2 is 2.00 bits per heavy atom. The lowest BCUT2D eigenvalue weighted by Crippen LogP contribution is -2.29. The van der Waals surface area contributed by atoms with Gasteiger partial charge in [-0.25, -0.2) is 19.6 Å². The van der Waals surface area contributed by atoms with Gasteiger partial charge < -0.3 is 15.6 Å². The Labute approximate surface area is 96.8 Å². The minimum atomic E-state index is -0.908. The van der Waals surface area contributed by atoms with Crippen LogP contribution in [0.25, 0.3) is 0 Å². The van der Waals surface area contributed by atoms with Crippen molar-refractivity contribution in [3.05, 3.63) is 17.7 Å². The van der Waals surface area contributed by atoms with E-state index >= 15 is 0 Å². The second-order valence-corrected chi connectivity index (χ2v) is 3.44. The van der Waals surface area contributed by atoms with E-state index in [1.807, 2.05) is 5.43 Å². The highest BCUT2D eigenvalue weighted by Gasteiger charge is 2.12. The van der Waals surface area contributed by atoms with Crippen molar-refractivity contribution in [3.63, 3.8) is 0 Å². The maximum absolute atomic E-state index is 13.3. The van der Waals surface area contributed by atoms with Gasteiger partial charge in [0.15, 0.2) is 23.3 Å². The zero-order valence-corrected chi connectivity index (χ0v) is 9.42. The number of pyridine rings is 1. The first-order valence-corrected chi connectivity index (χ1v) is 4.72. The van der Waals surface area contributed by atoms with Gasteiger partial charge in [-0.05, 0) is 0 Å². The van der Waals surface area contributed by atoms with Gasteiger partial charge in [-0.2, -0.15) is 0 Å². The summed E-state index contributed by atoms with van der Waals surface area (Å²) in [4.78, 5) is 16.1. The van der Waals surface area contributed by atoms with E-state index in [4.69, 9.17) is 5.84 Å². The fraction of sp³-hybridized carbons (Fsp3) is 0.333. The van der Waals surface area contributed by atoms with Crippen molar-refractivity contribution < 1.29 is 13.6 Å². The Bertz CT molecular complexity index is 424. The topological polar surface area (TPSA) is 83.3 Å². The van der Waals surface area contributed by atoms with Gasteiger partial charge in [0, 0.05) is 20.2 Å². The lowest BCUT2D eigenvalue weighted by Gasteiger charge is -2.12. The Kier molecular flexibility index (Phi) is 4.16. The summed E-state index contributed by atoms with van der Waals surface area (Å²) in [6, 6.07) is 0.630. The minimum absolute atomic E-state index is 0.146. The number of hydrogen-bond acceptors (Lipinski definition) is 5. The largest absolute Gasteiger partial charge is 0.358 e. The number of rotatable bonds is 4. The van der Waals surface area contributed by atoms with E-state index in [2.05, 4.69) is 10.3 Å². The van der Waals surface area contributed by atoms with Crippen LogP contribution in [0.2, 0.25) is 0 Å². The average Bonchev–Trinajstić information content (AvgIpc) is 2.27. The second kappa shape index (κ2) is 5.39. The van der Waals surface area contributed by atoms with Crippen LogP contribution in [-0.2, 0) is 4.79 Å². The van der Waals surface area contributed by atoms with Crippen LogP contribution >= 0.6 is 0 Å². The molecule has 0 radical (unpaired) electrons. The van der Waals surface area contributed by atoms with Crippen molar-refractivity contribution >= 4 is 17.5 Å². The molecule has 0 fully saturated rings. The van der Waals surface area contributed by atoms with Crippen LogP contribution in [-0.4, -0.2) is 36.4 Å².